The Hall–Kier alpha value is -0.930. The van der Waals surface area contributed by atoms with Crippen LogP contribution in [-0.2, 0) is 0 Å². The van der Waals surface area contributed by atoms with Crippen LogP contribution in [0.2, 0.25) is 0 Å². The second kappa shape index (κ2) is 5.41. The van der Waals surface area contributed by atoms with Crippen molar-refractivity contribution in [3.8, 4) is 0 Å². The third kappa shape index (κ3) is 3.58. The van der Waals surface area contributed by atoms with E-state index in [1.165, 1.54) is 6.07 Å². The van der Waals surface area contributed by atoms with Gasteiger partial charge in [0, 0.05) is 30.2 Å². The van der Waals surface area contributed by atoms with Gasteiger partial charge in [0.15, 0.2) is 0 Å². The Morgan fingerprint density at radius 3 is 2.56 bits per heavy atom. The van der Waals surface area contributed by atoms with Gasteiger partial charge in [0.1, 0.15) is 5.82 Å². The molecule has 16 heavy (non-hydrogen) atoms. The maximum atomic E-state index is 13.5. The summed E-state index contributed by atoms with van der Waals surface area (Å²) in [6, 6.07) is 6.70. The SMILES string of the molecule is CC(NCC(C)(C)CO)c1ccccc1F. The van der Waals surface area contributed by atoms with Crippen molar-refractivity contribution in [2.24, 2.45) is 5.41 Å². The van der Waals surface area contributed by atoms with Crippen molar-refractivity contribution >= 4 is 0 Å². The molecule has 0 saturated heterocycles. The predicted octanol–water partition coefficient (Wildman–Crippen LogP) is 2.49. The van der Waals surface area contributed by atoms with Crippen LogP contribution in [0, 0.1) is 11.2 Å². The molecule has 0 spiro atoms. The Bertz CT molecular complexity index is 338. The maximum Gasteiger partial charge on any atom is 0.127 e. The molecule has 0 radical (unpaired) electrons. The van der Waals surface area contributed by atoms with E-state index >= 15 is 0 Å². The van der Waals surface area contributed by atoms with Crippen molar-refractivity contribution in [2.45, 2.75) is 26.8 Å². The zero-order valence-electron chi connectivity index (χ0n) is 10.1. The van der Waals surface area contributed by atoms with Gasteiger partial charge in [0.2, 0.25) is 0 Å². The monoisotopic (exact) mass is 225 g/mol. The van der Waals surface area contributed by atoms with Crippen LogP contribution in [0.3, 0.4) is 0 Å². The molecule has 0 aliphatic rings. The molecule has 0 aliphatic heterocycles. The molecule has 1 rings (SSSR count). The molecule has 1 aromatic carbocycles. The lowest BCUT2D eigenvalue weighted by Crippen LogP contribution is -2.34. The Kier molecular flexibility index (Phi) is 4.44. The number of aliphatic hydroxyl groups excluding tert-OH is 1. The number of aliphatic hydroxyl groups is 1. The maximum absolute atomic E-state index is 13.5. The van der Waals surface area contributed by atoms with Gasteiger partial charge < -0.3 is 10.4 Å². The molecule has 2 nitrogen and oxygen atoms in total. The van der Waals surface area contributed by atoms with Gasteiger partial charge in [-0.1, -0.05) is 32.0 Å². The first kappa shape index (κ1) is 13.1. The van der Waals surface area contributed by atoms with E-state index in [9.17, 15) is 4.39 Å². The number of hydrogen-bond acceptors (Lipinski definition) is 2. The Balaban J connectivity index is 2.60. The molecule has 0 amide bonds. The molecular weight excluding hydrogens is 205 g/mol. The lowest BCUT2D eigenvalue weighted by Gasteiger charge is -2.25. The van der Waals surface area contributed by atoms with E-state index in [4.69, 9.17) is 5.11 Å². The summed E-state index contributed by atoms with van der Waals surface area (Å²) in [5, 5.41) is 12.3. The summed E-state index contributed by atoms with van der Waals surface area (Å²) in [6.07, 6.45) is 0. The fraction of sp³-hybridized carbons (Fsp3) is 0.538. The number of rotatable bonds is 5. The quantitative estimate of drug-likeness (QED) is 0.807. The highest BCUT2D eigenvalue weighted by Crippen LogP contribution is 2.18. The highest BCUT2D eigenvalue weighted by atomic mass is 19.1. The second-order valence-corrected chi connectivity index (χ2v) is 4.95. The third-order valence-corrected chi connectivity index (χ3v) is 2.69. The van der Waals surface area contributed by atoms with Crippen LogP contribution in [0.25, 0.3) is 0 Å². The van der Waals surface area contributed by atoms with E-state index in [1.807, 2.05) is 26.8 Å². The Labute approximate surface area is 96.5 Å². The first-order valence-electron chi connectivity index (χ1n) is 5.55. The third-order valence-electron chi connectivity index (χ3n) is 2.69. The largest absolute Gasteiger partial charge is 0.396 e. The predicted molar refractivity (Wildman–Crippen MR) is 63.7 cm³/mol. The molecule has 0 fully saturated rings. The standard InChI is InChI=1S/C13H20FNO/c1-10(15-8-13(2,3)9-16)11-6-4-5-7-12(11)14/h4-7,10,15-16H,8-9H2,1-3H3. The summed E-state index contributed by atoms with van der Waals surface area (Å²) in [5.41, 5.74) is 0.482. The molecule has 1 aromatic rings. The van der Waals surface area contributed by atoms with Crippen LogP contribution in [0.4, 0.5) is 4.39 Å². The van der Waals surface area contributed by atoms with Gasteiger partial charge in [-0.25, -0.2) is 4.39 Å². The van der Waals surface area contributed by atoms with Gasteiger partial charge in [0.05, 0.1) is 0 Å². The molecule has 0 heterocycles. The van der Waals surface area contributed by atoms with Crippen LogP contribution in [0.1, 0.15) is 32.4 Å². The van der Waals surface area contributed by atoms with Crippen molar-refractivity contribution in [3.63, 3.8) is 0 Å². The van der Waals surface area contributed by atoms with Crippen LogP contribution < -0.4 is 5.32 Å². The van der Waals surface area contributed by atoms with Gasteiger partial charge >= 0.3 is 0 Å². The van der Waals surface area contributed by atoms with Gasteiger partial charge in [-0.05, 0) is 13.0 Å². The van der Waals surface area contributed by atoms with E-state index in [2.05, 4.69) is 5.32 Å². The van der Waals surface area contributed by atoms with E-state index in [1.54, 1.807) is 12.1 Å². The van der Waals surface area contributed by atoms with Crippen molar-refractivity contribution in [1.82, 2.24) is 5.32 Å². The zero-order valence-corrected chi connectivity index (χ0v) is 10.1. The highest BCUT2D eigenvalue weighted by molar-refractivity contribution is 5.20. The normalized spacial score (nSPS) is 13.8. The average molecular weight is 225 g/mol. The molecular formula is C13H20FNO. The minimum Gasteiger partial charge on any atom is -0.396 e. The Morgan fingerprint density at radius 2 is 2.00 bits per heavy atom. The van der Waals surface area contributed by atoms with Crippen molar-refractivity contribution in [2.75, 3.05) is 13.2 Å². The smallest absolute Gasteiger partial charge is 0.127 e. The van der Waals surface area contributed by atoms with Crippen LogP contribution in [0.15, 0.2) is 24.3 Å². The molecule has 1 atom stereocenters. The van der Waals surface area contributed by atoms with Crippen molar-refractivity contribution in [1.29, 1.82) is 0 Å². The van der Waals surface area contributed by atoms with Crippen molar-refractivity contribution in [3.05, 3.63) is 35.6 Å². The number of nitrogens with one attached hydrogen (secondary N) is 1. The zero-order chi connectivity index (χ0) is 12.2. The highest BCUT2D eigenvalue weighted by Gasteiger charge is 2.18. The van der Waals surface area contributed by atoms with Gasteiger partial charge in [0.25, 0.3) is 0 Å². The first-order chi connectivity index (χ1) is 7.46. The van der Waals surface area contributed by atoms with Crippen molar-refractivity contribution < 1.29 is 9.50 Å². The Morgan fingerprint density at radius 1 is 1.38 bits per heavy atom. The minimum atomic E-state index is -0.190. The second-order valence-electron chi connectivity index (χ2n) is 4.95. The summed E-state index contributed by atoms with van der Waals surface area (Å²) < 4.78 is 13.5. The summed E-state index contributed by atoms with van der Waals surface area (Å²) in [6.45, 7) is 6.62. The first-order valence-corrected chi connectivity index (χ1v) is 5.55. The fourth-order valence-corrected chi connectivity index (χ4v) is 1.42. The topological polar surface area (TPSA) is 32.3 Å². The van der Waals surface area contributed by atoms with E-state index < -0.39 is 0 Å². The van der Waals surface area contributed by atoms with Crippen LogP contribution in [0.5, 0.6) is 0 Å². The molecule has 0 bridgehead atoms. The van der Waals surface area contributed by atoms with E-state index in [-0.39, 0.29) is 23.9 Å². The molecule has 3 heteroatoms. The average Bonchev–Trinajstić information content (AvgIpc) is 2.27. The lowest BCUT2D eigenvalue weighted by atomic mass is 9.94. The summed E-state index contributed by atoms with van der Waals surface area (Å²) >= 11 is 0. The van der Waals surface area contributed by atoms with Crippen LogP contribution >= 0.6 is 0 Å². The molecule has 0 saturated carbocycles. The summed E-state index contributed by atoms with van der Waals surface area (Å²) in [7, 11) is 0. The number of benzene rings is 1. The molecule has 1 unspecified atom stereocenters. The van der Waals surface area contributed by atoms with E-state index in [0.29, 0.717) is 12.1 Å². The molecule has 0 aliphatic carbocycles. The number of hydrogen-bond donors (Lipinski definition) is 2. The lowest BCUT2D eigenvalue weighted by molar-refractivity contribution is 0.153. The number of halogens is 1. The van der Waals surface area contributed by atoms with Gasteiger partial charge in [-0.3, -0.25) is 0 Å². The minimum absolute atomic E-state index is 0.0491. The summed E-state index contributed by atoms with van der Waals surface area (Å²) in [4.78, 5) is 0. The van der Waals surface area contributed by atoms with E-state index in [0.717, 1.165) is 0 Å². The van der Waals surface area contributed by atoms with Gasteiger partial charge in [-0.2, -0.15) is 0 Å². The fourth-order valence-electron chi connectivity index (χ4n) is 1.42. The molecule has 90 valence electrons. The molecule has 0 aromatic heterocycles. The summed E-state index contributed by atoms with van der Waals surface area (Å²) in [5.74, 6) is -0.190. The van der Waals surface area contributed by atoms with Crippen LogP contribution in [-0.4, -0.2) is 18.3 Å². The van der Waals surface area contributed by atoms with Gasteiger partial charge in [-0.15, -0.1) is 0 Å². The molecule has 2 N–H and O–H groups in total.